The van der Waals surface area contributed by atoms with Crippen LogP contribution in [-0.4, -0.2) is 40.9 Å². The maximum absolute atomic E-state index is 4.21. The Morgan fingerprint density at radius 2 is 2.38 bits per heavy atom. The van der Waals surface area contributed by atoms with Gasteiger partial charge in [0.05, 0.1) is 6.20 Å². The summed E-state index contributed by atoms with van der Waals surface area (Å²) in [5, 5.41) is 7.58. The number of nitrogens with zero attached hydrogens (tertiary/aromatic N) is 3. The Hall–Kier alpha value is -0.870. The second-order valence-corrected chi connectivity index (χ2v) is 4.89. The minimum atomic E-state index is 0.710. The van der Waals surface area contributed by atoms with E-state index in [0.29, 0.717) is 6.04 Å². The average Bonchev–Trinajstić information content (AvgIpc) is 2.87. The van der Waals surface area contributed by atoms with Gasteiger partial charge in [0.1, 0.15) is 0 Å². The molecule has 2 atom stereocenters. The van der Waals surface area contributed by atoms with Crippen LogP contribution in [0.25, 0.3) is 0 Å². The molecule has 1 aliphatic carbocycles. The van der Waals surface area contributed by atoms with E-state index in [4.69, 9.17) is 0 Å². The van der Waals surface area contributed by atoms with Crippen molar-refractivity contribution in [2.45, 2.75) is 37.9 Å². The number of nitrogens with one attached hydrogen (secondary N) is 1. The summed E-state index contributed by atoms with van der Waals surface area (Å²) in [5.41, 5.74) is 1.30. The molecule has 4 heteroatoms. The van der Waals surface area contributed by atoms with Crippen LogP contribution in [-0.2, 0) is 13.6 Å². The van der Waals surface area contributed by atoms with Crippen molar-refractivity contribution in [2.24, 2.45) is 7.05 Å². The summed E-state index contributed by atoms with van der Waals surface area (Å²) < 4.78 is 1.87. The predicted molar refractivity (Wildman–Crippen MR) is 65.2 cm³/mol. The number of hydrogen-bond donors (Lipinski definition) is 1. The van der Waals surface area contributed by atoms with Crippen LogP contribution >= 0.6 is 0 Å². The molecule has 2 rings (SSSR count). The fourth-order valence-electron chi connectivity index (χ4n) is 2.59. The summed E-state index contributed by atoms with van der Waals surface area (Å²) in [5.74, 6) is 0. The van der Waals surface area contributed by atoms with Crippen molar-refractivity contribution in [3.63, 3.8) is 0 Å². The molecule has 1 saturated carbocycles. The van der Waals surface area contributed by atoms with Gasteiger partial charge in [-0.1, -0.05) is 0 Å². The standard InChI is InChI=1S/C12H22N4/c1-13-11-4-5-12(6-11)15(2)8-10-7-14-16(3)9-10/h7,9,11-13H,4-6,8H2,1-3H3. The smallest absolute Gasteiger partial charge is 0.0534 e. The van der Waals surface area contributed by atoms with Gasteiger partial charge in [0, 0.05) is 37.4 Å². The lowest BCUT2D eigenvalue weighted by atomic mass is 10.2. The third kappa shape index (κ3) is 2.62. The fraction of sp³-hybridized carbons (Fsp3) is 0.750. The zero-order valence-electron chi connectivity index (χ0n) is 10.5. The van der Waals surface area contributed by atoms with Crippen LogP contribution in [0.5, 0.6) is 0 Å². The van der Waals surface area contributed by atoms with E-state index < -0.39 is 0 Å². The molecule has 0 radical (unpaired) electrons. The Morgan fingerprint density at radius 1 is 1.56 bits per heavy atom. The van der Waals surface area contributed by atoms with Crippen LogP contribution in [0.15, 0.2) is 12.4 Å². The first-order valence-corrected chi connectivity index (χ1v) is 6.04. The molecule has 1 aromatic heterocycles. The molecule has 1 heterocycles. The lowest BCUT2D eigenvalue weighted by Gasteiger charge is -2.23. The highest BCUT2D eigenvalue weighted by Crippen LogP contribution is 2.24. The molecule has 1 aromatic rings. The van der Waals surface area contributed by atoms with Crippen LogP contribution < -0.4 is 5.32 Å². The van der Waals surface area contributed by atoms with E-state index in [-0.39, 0.29) is 0 Å². The first-order valence-electron chi connectivity index (χ1n) is 6.04. The van der Waals surface area contributed by atoms with E-state index in [9.17, 15) is 0 Å². The summed E-state index contributed by atoms with van der Waals surface area (Å²) in [6.45, 7) is 1.01. The highest BCUT2D eigenvalue weighted by atomic mass is 15.2. The Labute approximate surface area is 97.6 Å². The van der Waals surface area contributed by atoms with Gasteiger partial charge < -0.3 is 5.32 Å². The molecular formula is C12H22N4. The third-order valence-corrected chi connectivity index (χ3v) is 3.63. The van der Waals surface area contributed by atoms with E-state index in [1.165, 1.54) is 24.8 Å². The quantitative estimate of drug-likeness (QED) is 0.825. The topological polar surface area (TPSA) is 33.1 Å². The zero-order valence-corrected chi connectivity index (χ0v) is 10.5. The first-order chi connectivity index (χ1) is 7.69. The van der Waals surface area contributed by atoms with Gasteiger partial charge in [-0.3, -0.25) is 9.58 Å². The van der Waals surface area contributed by atoms with Gasteiger partial charge in [-0.25, -0.2) is 0 Å². The molecule has 1 aliphatic rings. The second kappa shape index (κ2) is 4.97. The average molecular weight is 222 g/mol. The maximum Gasteiger partial charge on any atom is 0.0534 e. The van der Waals surface area contributed by atoms with Crippen LogP contribution in [0.1, 0.15) is 24.8 Å². The van der Waals surface area contributed by atoms with Crippen molar-refractivity contribution in [1.82, 2.24) is 20.0 Å². The van der Waals surface area contributed by atoms with Gasteiger partial charge in [-0.15, -0.1) is 0 Å². The Kier molecular flexibility index (Phi) is 3.61. The van der Waals surface area contributed by atoms with Crippen molar-refractivity contribution in [2.75, 3.05) is 14.1 Å². The van der Waals surface area contributed by atoms with E-state index in [2.05, 4.69) is 35.6 Å². The zero-order chi connectivity index (χ0) is 11.5. The molecule has 2 unspecified atom stereocenters. The van der Waals surface area contributed by atoms with Crippen LogP contribution in [0.3, 0.4) is 0 Å². The van der Waals surface area contributed by atoms with Crippen LogP contribution in [0.2, 0.25) is 0 Å². The van der Waals surface area contributed by atoms with Crippen molar-refractivity contribution in [1.29, 1.82) is 0 Å². The summed E-state index contributed by atoms with van der Waals surface area (Å²) in [6, 6.07) is 1.43. The summed E-state index contributed by atoms with van der Waals surface area (Å²) in [6.07, 6.45) is 7.94. The van der Waals surface area contributed by atoms with Gasteiger partial charge in [0.15, 0.2) is 0 Å². The SMILES string of the molecule is CNC1CCC(N(C)Cc2cnn(C)c2)C1. The Morgan fingerprint density at radius 3 is 2.94 bits per heavy atom. The number of aromatic nitrogens is 2. The monoisotopic (exact) mass is 222 g/mol. The van der Waals surface area contributed by atoms with Gasteiger partial charge in [0.2, 0.25) is 0 Å². The van der Waals surface area contributed by atoms with Crippen molar-refractivity contribution in [3.05, 3.63) is 18.0 Å². The number of rotatable bonds is 4. The highest BCUT2D eigenvalue weighted by molar-refractivity contribution is 5.03. The Bertz CT molecular complexity index is 334. The molecule has 1 fully saturated rings. The highest BCUT2D eigenvalue weighted by Gasteiger charge is 2.26. The molecule has 4 nitrogen and oxygen atoms in total. The Balaban J connectivity index is 1.86. The molecule has 0 aromatic carbocycles. The molecule has 1 N–H and O–H groups in total. The molecule has 16 heavy (non-hydrogen) atoms. The summed E-state index contributed by atoms with van der Waals surface area (Å²) >= 11 is 0. The molecule has 0 bridgehead atoms. The van der Waals surface area contributed by atoms with E-state index in [1.807, 2.05) is 17.9 Å². The minimum Gasteiger partial charge on any atom is -0.317 e. The summed E-state index contributed by atoms with van der Waals surface area (Å²) in [4.78, 5) is 2.45. The van der Waals surface area contributed by atoms with Crippen LogP contribution in [0, 0.1) is 0 Å². The van der Waals surface area contributed by atoms with Crippen molar-refractivity contribution >= 4 is 0 Å². The maximum atomic E-state index is 4.21. The molecule has 0 spiro atoms. The van der Waals surface area contributed by atoms with E-state index in [0.717, 1.165) is 12.6 Å². The van der Waals surface area contributed by atoms with Gasteiger partial charge in [-0.05, 0) is 33.4 Å². The lowest BCUT2D eigenvalue weighted by Crippen LogP contribution is -2.31. The summed E-state index contributed by atoms with van der Waals surface area (Å²) in [7, 11) is 6.25. The predicted octanol–water partition coefficient (Wildman–Crippen LogP) is 0.992. The number of aryl methyl sites for hydroxylation is 1. The molecule has 0 saturated heterocycles. The van der Waals surface area contributed by atoms with E-state index >= 15 is 0 Å². The third-order valence-electron chi connectivity index (χ3n) is 3.63. The molecule has 0 aliphatic heterocycles. The minimum absolute atomic E-state index is 0.710. The van der Waals surface area contributed by atoms with Gasteiger partial charge in [-0.2, -0.15) is 5.10 Å². The van der Waals surface area contributed by atoms with Crippen molar-refractivity contribution < 1.29 is 0 Å². The lowest BCUT2D eigenvalue weighted by molar-refractivity contribution is 0.234. The molecular weight excluding hydrogens is 200 g/mol. The van der Waals surface area contributed by atoms with Gasteiger partial charge in [0.25, 0.3) is 0 Å². The normalized spacial score (nSPS) is 25.5. The number of hydrogen-bond acceptors (Lipinski definition) is 3. The first kappa shape index (κ1) is 11.6. The fourth-order valence-corrected chi connectivity index (χ4v) is 2.59. The van der Waals surface area contributed by atoms with Crippen LogP contribution in [0.4, 0.5) is 0 Å². The molecule has 0 amide bonds. The largest absolute Gasteiger partial charge is 0.317 e. The van der Waals surface area contributed by atoms with Crippen molar-refractivity contribution in [3.8, 4) is 0 Å². The molecule has 90 valence electrons. The van der Waals surface area contributed by atoms with E-state index in [1.54, 1.807) is 0 Å². The second-order valence-electron chi connectivity index (χ2n) is 4.89. The van der Waals surface area contributed by atoms with Gasteiger partial charge >= 0.3 is 0 Å².